The van der Waals surface area contributed by atoms with Crippen molar-refractivity contribution in [1.29, 1.82) is 0 Å². The average molecular weight is 366 g/mol. The minimum absolute atomic E-state index is 0.312. The lowest BCUT2D eigenvalue weighted by atomic mass is 9.99. The van der Waals surface area contributed by atoms with E-state index in [2.05, 4.69) is 30.8 Å². The van der Waals surface area contributed by atoms with Gasteiger partial charge in [-0.1, -0.05) is 12.1 Å². The molecule has 1 fully saturated rings. The molecule has 116 valence electrons. The summed E-state index contributed by atoms with van der Waals surface area (Å²) in [7, 11) is 0. The lowest BCUT2D eigenvalue weighted by molar-refractivity contribution is 0.220. The second-order valence-corrected chi connectivity index (χ2v) is 6.21. The standard InChI is InChI=1S/C16H17BrFN3O/c17-15-8-19-9-16(20-15)21-7-3-4-12(10-21)11-22-14-6-2-1-5-13(14)18/h1-2,5-6,8-9,12H,3-4,7,10-11H2. The van der Waals surface area contributed by atoms with Crippen molar-refractivity contribution in [2.75, 3.05) is 24.6 Å². The molecule has 1 unspecified atom stereocenters. The zero-order valence-electron chi connectivity index (χ0n) is 12.1. The maximum Gasteiger partial charge on any atom is 0.165 e. The van der Waals surface area contributed by atoms with Crippen LogP contribution < -0.4 is 9.64 Å². The van der Waals surface area contributed by atoms with Crippen molar-refractivity contribution < 1.29 is 9.13 Å². The van der Waals surface area contributed by atoms with Gasteiger partial charge in [0.15, 0.2) is 11.6 Å². The zero-order chi connectivity index (χ0) is 15.4. The number of hydrogen-bond acceptors (Lipinski definition) is 4. The normalized spacial score (nSPS) is 18.3. The molecule has 2 heterocycles. The zero-order valence-corrected chi connectivity index (χ0v) is 13.7. The van der Waals surface area contributed by atoms with Crippen LogP contribution in [0.25, 0.3) is 0 Å². The summed E-state index contributed by atoms with van der Waals surface area (Å²) in [5, 5.41) is 0. The summed E-state index contributed by atoms with van der Waals surface area (Å²) in [5.74, 6) is 1.23. The van der Waals surface area contributed by atoms with Gasteiger partial charge in [0.1, 0.15) is 10.4 Å². The molecular formula is C16H17BrFN3O. The van der Waals surface area contributed by atoms with E-state index < -0.39 is 0 Å². The average Bonchev–Trinajstić information content (AvgIpc) is 2.54. The largest absolute Gasteiger partial charge is 0.490 e. The maximum absolute atomic E-state index is 13.6. The van der Waals surface area contributed by atoms with E-state index in [-0.39, 0.29) is 5.82 Å². The van der Waals surface area contributed by atoms with Gasteiger partial charge in [-0.3, -0.25) is 4.98 Å². The van der Waals surface area contributed by atoms with Crippen LogP contribution in [0.4, 0.5) is 10.2 Å². The molecule has 0 spiro atoms. The molecule has 2 aromatic rings. The van der Waals surface area contributed by atoms with Gasteiger partial charge in [0.05, 0.1) is 19.0 Å². The predicted octanol–water partition coefficient (Wildman–Crippen LogP) is 3.67. The number of hydrogen-bond donors (Lipinski definition) is 0. The molecule has 0 aliphatic carbocycles. The number of ether oxygens (including phenoxy) is 1. The lowest BCUT2D eigenvalue weighted by Crippen LogP contribution is -2.38. The van der Waals surface area contributed by atoms with Crippen molar-refractivity contribution >= 4 is 21.7 Å². The smallest absolute Gasteiger partial charge is 0.165 e. The molecule has 1 aromatic carbocycles. The van der Waals surface area contributed by atoms with E-state index in [1.165, 1.54) is 6.07 Å². The van der Waals surface area contributed by atoms with Gasteiger partial charge in [0.25, 0.3) is 0 Å². The Morgan fingerprint density at radius 2 is 2.18 bits per heavy atom. The first-order valence-corrected chi connectivity index (χ1v) is 8.11. The van der Waals surface area contributed by atoms with Gasteiger partial charge < -0.3 is 9.64 Å². The van der Waals surface area contributed by atoms with Crippen molar-refractivity contribution in [3.63, 3.8) is 0 Å². The van der Waals surface area contributed by atoms with E-state index in [0.29, 0.717) is 18.3 Å². The predicted molar refractivity (Wildman–Crippen MR) is 86.6 cm³/mol. The second-order valence-electron chi connectivity index (χ2n) is 5.40. The highest BCUT2D eigenvalue weighted by molar-refractivity contribution is 9.10. The third-order valence-electron chi connectivity index (χ3n) is 3.75. The number of rotatable bonds is 4. The topological polar surface area (TPSA) is 38.2 Å². The van der Waals surface area contributed by atoms with Gasteiger partial charge in [-0.05, 0) is 40.9 Å². The highest BCUT2D eigenvalue weighted by atomic mass is 79.9. The number of halogens is 2. The van der Waals surface area contributed by atoms with Crippen LogP contribution in [0, 0.1) is 11.7 Å². The molecule has 22 heavy (non-hydrogen) atoms. The van der Waals surface area contributed by atoms with Crippen molar-refractivity contribution in [3.8, 4) is 5.75 Å². The summed E-state index contributed by atoms with van der Waals surface area (Å²) in [5.41, 5.74) is 0. The fourth-order valence-electron chi connectivity index (χ4n) is 2.66. The molecule has 6 heteroatoms. The molecule has 1 aromatic heterocycles. The molecule has 1 saturated heterocycles. The van der Waals surface area contributed by atoms with Crippen molar-refractivity contribution in [2.45, 2.75) is 12.8 Å². The van der Waals surface area contributed by atoms with Crippen LogP contribution in [-0.2, 0) is 0 Å². The molecule has 1 aliphatic heterocycles. The van der Waals surface area contributed by atoms with E-state index in [1.54, 1.807) is 30.6 Å². The number of aromatic nitrogens is 2. The van der Waals surface area contributed by atoms with Crippen LogP contribution in [0.2, 0.25) is 0 Å². The van der Waals surface area contributed by atoms with Crippen LogP contribution in [0.3, 0.4) is 0 Å². The second kappa shape index (κ2) is 7.05. The number of benzene rings is 1. The SMILES string of the molecule is Fc1ccccc1OCC1CCCN(c2cncc(Br)n2)C1. The molecule has 3 rings (SSSR count). The Bertz CT molecular complexity index is 640. The third-order valence-corrected chi connectivity index (χ3v) is 4.13. The van der Waals surface area contributed by atoms with Gasteiger partial charge in [-0.25, -0.2) is 9.37 Å². The van der Waals surface area contributed by atoms with E-state index in [4.69, 9.17) is 4.74 Å². The van der Waals surface area contributed by atoms with Crippen LogP contribution in [0.1, 0.15) is 12.8 Å². The Labute approximate surface area is 137 Å². The number of para-hydroxylation sites is 1. The summed E-state index contributed by atoms with van der Waals surface area (Å²) in [6.07, 6.45) is 5.59. The molecule has 1 aliphatic rings. The summed E-state index contributed by atoms with van der Waals surface area (Å²) >= 11 is 3.35. The fourth-order valence-corrected chi connectivity index (χ4v) is 2.96. The van der Waals surface area contributed by atoms with Crippen molar-refractivity contribution in [2.24, 2.45) is 5.92 Å². The van der Waals surface area contributed by atoms with E-state index in [9.17, 15) is 4.39 Å². The van der Waals surface area contributed by atoms with Crippen LogP contribution >= 0.6 is 15.9 Å². The van der Waals surface area contributed by atoms with E-state index in [1.807, 2.05) is 0 Å². The molecule has 0 radical (unpaired) electrons. The molecule has 0 N–H and O–H groups in total. The summed E-state index contributed by atoms with van der Waals surface area (Å²) in [6.45, 7) is 2.32. The summed E-state index contributed by atoms with van der Waals surface area (Å²) < 4.78 is 19.9. The van der Waals surface area contributed by atoms with Gasteiger partial charge in [0, 0.05) is 19.0 Å². The quantitative estimate of drug-likeness (QED) is 0.828. The molecule has 0 amide bonds. The first kappa shape index (κ1) is 15.2. The van der Waals surface area contributed by atoms with Crippen LogP contribution in [-0.4, -0.2) is 29.7 Å². The molecular weight excluding hydrogens is 349 g/mol. The van der Waals surface area contributed by atoms with E-state index >= 15 is 0 Å². The Kier molecular flexibility index (Phi) is 4.87. The molecule has 0 saturated carbocycles. The Hall–Kier alpha value is -1.69. The lowest BCUT2D eigenvalue weighted by Gasteiger charge is -2.33. The Balaban J connectivity index is 1.60. The minimum atomic E-state index is -0.312. The minimum Gasteiger partial charge on any atom is -0.490 e. The molecule has 4 nitrogen and oxygen atoms in total. The monoisotopic (exact) mass is 365 g/mol. The van der Waals surface area contributed by atoms with E-state index in [0.717, 1.165) is 36.4 Å². The molecule has 0 bridgehead atoms. The van der Waals surface area contributed by atoms with Crippen LogP contribution in [0.5, 0.6) is 5.75 Å². The van der Waals surface area contributed by atoms with Gasteiger partial charge >= 0.3 is 0 Å². The number of anilines is 1. The highest BCUT2D eigenvalue weighted by Gasteiger charge is 2.22. The summed E-state index contributed by atoms with van der Waals surface area (Å²) in [4.78, 5) is 10.8. The highest BCUT2D eigenvalue weighted by Crippen LogP contribution is 2.24. The fraction of sp³-hybridized carbons (Fsp3) is 0.375. The first-order chi connectivity index (χ1) is 10.7. The van der Waals surface area contributed by atoms with Crippen molar-refractivity contribution in [3.05, 3.63) is 47.1 Å². The third kappa shape index (κ3) is 3.74. The van der Waals surface area contributed by atoms with Crippen molar-refractivity contribution in [1.82, 2.24) is 9.97 Å². The maximum atomic E-state index is 13.6. The first-order valence-electron chi connectivity index (χ1n) is 7.32. The van der Waals surface area contributed by atoms with Crippen LogP contribution in [0.15, 0.2) is 41.3 Å². The van der Waals surface area contributed by atoms with Gasteiger partial charge in [0.2, 0.25) is 0 Å². The molecule has 1 atom stereocenters. The number of piperidine rings is 1. The van der Waals surface area contributed by atoms with Gasteiger partial charge in [-0.15, -0.1) is 0 Å². The van der Waals surface area contributed by atoms with Gasteiger partial charge in [-0.2, -0.15) is 0 Å². The summed E-state index contributed by atoms with van der Waals surface area (Å²) in [6, 6.07) is 6.52. The number of nitrogens with zero attached hydrogens (tertiary/aromatic N) is 3. The Morgan fingerprint density at radius 3 is 3.00 bits per heavy atom. The Morgan fingerprint density at radius 1 is 1.32 bits per heavy atom.